The van der Waals surface area contributed by atoms with Gasteiger partial charge in [-0.2, -0.15) is 0 Å². The van der Waals surface area contributed by atoms with Crippen LogP contribution in [0.25, 0.3) is 5.57 Å². The van der Waals surface area contributed by atoms with E-state index in [4.69, 9.17) is 11.6 Å². The highest BCUT2D eigenvalue weighted by molar-refractivity contribution is 6.22. The lowest BCUT2D eigenvalue weighted by Crippen LogP contribution is -1.91. The summed E-state index contributed by atoms with van der Waals surface area (Å²) in [6.07, 6.45) is 7.05. The third-order valence-corrected chi connectivity index (χ3v) is 3.32. The van der Waals surface area contributed by atoms with Gasteiger partial charge in [0.2, 0.25) is 0 Å². The number of aryl methyl sites for hydroxylation is 1. The maximum Gasteiger partial charge on any atom is 0.0521 e. The highest BCUT2D eigenvalue weighted by Crippen LogP contribution is 2.28. The Kier molecular flexibility index (Phi) is 3.48. The molecule has 1 atom stereocenters. The fourth-order valence-corrected chi connectivity index (χ4v) is 2.35. The predicted octanol–water partition coefficient (Wildman–Crippen LogP) is 4.56. The van der Waals surface area contributed by atoms with Gasteiger partial charge in [-0.05, 0) is 37.3 Å². The molecule has 0 saturated heterocycles. The van der Waals surface area contributed by atoms with E-state index < -0.39 is 0 Å². The number of hydrogen-bond donors (Lipinski definition) is 0. The summed E-state index contributed by atoms with van der Waals surface area (Å²) in [4.78, 5) is 0. The van der Waals surface area contributed by atoms with Gasteiger partial charge in [0.05, 0.1) is 5.38 Å². The first-order valence-electron chi connectivity index (χ1n) is 5.67. The molecule has 1 aromatic carbocycles. The lowest BCUT2D eigenvalue weighted by molar-refractivity contribution is 0.724. The molecular weight excluding hydrogens is 204 g/mol. The fraction of sp³-hybridized carbons (Fsp3) is 0.429. The maximum atomic E-state index is 6.22. The van der Waals surface area contributed by atoms with Crippen LogP contribution in [-0.2, 0) is 0 Å². The Morgan fingerprint density at radius 1 is 1.13 bits per heavy atom. The van der Waals surface area contributed by atoms with Crippen molar-refractivity contribution in [3.05, 3.63) is 41.5 Å². The lowest BCUT2D eigenvalue weighted by Gasteiger charge is -2.06. The Balaban J connectivity index is 2.24. The van der Waals surface area contributed by atoms with E-state index in [9.17, 15) is 0 Å². The number of rotatable bonds is 1. The molecule has 1 unspecified atom stereocenters. The first kappa shape index (κ1) is 10.8. The predicted molar refractivity (Wildman–Crippen MR) is 67.3 cm³/mol. The Morgan fingerprint density at radius 3 is 2.60 bits per heavy atom. The summed E-state index contributed by atoms with van der Waals surface area (Å²) >= 11 is 6.22. The van der Waals surface area contributed by atoms with Gasteiger partial charge in [-0.1, -0.05) is 42.3 Å². The molecule has 0 saturated carbocycles. The van der Waals surface area contributed by atoms with Gasteiger partial charge in [-0.25, -0.2) is 0 Å². The van der Waals surface area contributed by atoms with Crippen molar-refractivity contribution in [1.82, 2.24) is 0 Å². The van der Waals surface area contributed by atoms with Gasteiger partial charge in [0, 0.05) is 0 Å². The van der Waals surface area contributed by atoms with Crippen molar-refractivity contribution in [1.29, 1.82) is 0 Å². The third-order valence-electron chi connectivity index (χ3n) is 2.98. The molecule has 0 heterocycles. The maximum absolute atomic E-state index is 6.22. The van der Waals surface area contributed by atoms with Crippen molar-refractivity contribution < 1.29 is 0 Å². The summed E-state index contributed by atoms with van der Waals surface area (Å²) in [5, 5.41) is 0.226. The van der Waals surface area contributed by atoms with E-state index in [1.54, 1.807) is 0 Å². The van der Waals surface area contributed by atoms with E-state index in [1.165, 1.54) is 36.0 Å². The summed E-state index contributed by atoms with van der Waals surface area (Å²) < 4.78 is 0. The van der Waals surface area contributed by atoms with Crippen LogP contribution in [0.4, 0.5) is 0 Å². The third kappa shape index (κ3) is 2.85. The molecule has 80 valence electrons. The number of allylic oxidation sites excluding steroid dienone is 2. The van der Waals surface area contributed by atoms with Gasteiger partial charge in [0.1, 0.15) is 0 Å². The van der Waals surface area contributed by atoms with Gasteiger partial charge in [0.25, 0.3) is 0 Å². The van der Waals surface area contributed by atoms with Crippen LogP contribution in [0.1, 0.15) is 36.8 Å². The van der Waals surface area contributed by atoms with Crippen molar-refractivity contribution in [3.63, 3.8) is 0 Å². The van der Waals surface area contributed by atoms with Crippen molar-refractivity contribution in [2.45, 2.75) is 38.0 Å². The van der Waals surface area contributed by atoms with Crippen LogP contribution in [0.15, 0.2) is 30.3 Å². The topological polar surface area (TPSA) is 0 Å². The van der Waals surface area contributed by atoms with Gasteiger partial charge in [-0.15, -0.1) is 11.6 Å². The summed E-state index contributed by atoms with van der Waals surface area (Å²) in [7, 11) is 0. The summed E-state index contributed by atoms with van der Waals surface area (Å²) in [6, 6.07) is 8.75. The monoisotopic (exact) mass is 220 g/mol. The fourth-order valence-electron chi connectivity index (χ4n) is 2.05. The van der Waals surface area contributed by atoms with E-state index in [1.807, 2.05) is 0 Å². The van der Waals surface area contributed by atoms with Gasteiger partial charge >= 0.3 is 0 Å². The molecule has 0 radical (unpaired) electrons. The van der Waals surface area contributed by atoms with Gasteiger partial charge < -0.3 is 0 Å². The molecule has 0 aliphatic heterocycles. The first-order chi connectivity index (χ1) is 7.25. The quantitative estimate of drug-likeness (QED) is 0.609. The molecule has 1 aromatic rings. The van der Waals surface area contributed by atoms with Crippen LogP contribution < -0.4 is 0 Å². The largest absolute Gasteiger partial charge is 0.118 e. The molecule has 0 aromatic heterocycles. The van der Waals surface area contributed by atoms with Crippen molar-refractivity contribution >= 4 is 17.2 Å². The molecule has 0 N–H and O–H groups in total. The minimum atomic E-state index is 0.226. The number of halogens is 1. The van der Waals surface area contributed by atoms with E-state index in [0.717, 1.165) is 6.42 Å². The Morgan fingerprint density at radius 2 is 1.87 bits per heavy atom. The highest BCUT2D eigenvalue weighted by atomic mass is 35.5. The second kappa shape index (κ2) is 4.85. The van der Waals surface area contributed by atoms with Gasteiger partial charge in [0.15, 0.2) is 0 Å². The molecule has 2 rings (SSSR count). The lowest BCUT2D eigenvalue weighted by atomic mass is 10.0. The SMILES string of the molecule is Cc1ccc(C2=CC(Cl)CCCC2)cc1. The summed E-state index contributed by atoms with van der Waals surface area (Å²) in [5.74, 6) is 0. The van der Waals surface area contributed by atoms with Gasteiger partial charge in [-0.3, -0.25) is 0 Å². The van der Waals surface area contributed by atoms with E-state index in [2.05, 4.69) is 37.3 Å². The number of alkyl halides is 1. The zero-order valence-corrected chi connectivity index (χ0v) is 9.93. The van der Waals surface area contributed by atoms with Crippen LogP contribution >= 0.6 is 11.6 Å². The minimum Gasteiger partial charge on any atom is -0.118 e. The summed E-state index contributed by atoms with van der Waals surface area (Å²) in [5.41, 5.74) is 4.08. The Bertz CT molecular complexity index is 348. The molecular formula is C14H17Cl. The van der Waals surface area contributed by atoms with E-state index in [0.29, 0.717) is 0 Å². The molecule has 1 aliphatic carbocycles. The molecule has 0 nitrogen and oxygen atoms in total. The van der Waals surface area contributed by atoms with Crippen molar-refractivity contribution in [2.24, 2.45) is 0 Å². The van der Waals surface area contributed by atoms with E-state index >= 15 is 0 Å². The standard InChI is InChI=1S/C14H17Cl/c1-11-6-8-12(9-7-11)13-4-2-3-5-14(15)10-13/h6-10,14H,2-5H2,1H3. The number of hydrogen-bond acceptors (Lipinski definition) is 0. The Labute approximate surface area is 97.0 Å². The zero-order valence-electron chi connectivity index (χ0n) is 9.17. The smallest absolute Gasteiger partial charge is 0.0521 e. The van der Waals surface area contributed by atoms with Crippen LogP contribution in [0.2, 0.25) is 0 Å². The zero-order chi connectivity index (χ0) is 10.7. The van der Waals surface area contributed by atoms with Crippen LogP contribution in [0, 0.1) is 6.92 Å². The molecule has 15 heavy (non-hydrogen) atoms. The molecule has 0 amide bonds. The average Bonchev–Trinajstić information content (AvgIpc) is 2.44. The molecule has 1 heteroatoms. The molecule has 0 fully saturated rings. The normalized spacial score (nSPS) is 22.0. The molecule has 0 bridgehead atoms. The second-order valence-electron chi connectivity index (χ2n) is 4.32. The van der Waals surface area contributed by atoms with Crippen molar-refractivity contribution in [3.8, 4) is 0 Å². The Hall–Kier alpha value is -0.750. The molecule has 1 aliphatic rings. The average molecular weight is 221 g/mol. The minimum absolute atomic E-state index is 0.226. The first-order valence-corrected chi connectivity index (χ1v) is 6.11. The van der Waals surface area contributed by atoms with Crippen molar-refractivity contribution in [2.75, 3.05) is 0 Å². The summed E-state index contributed by atoms with van der Waals surface area (Å²) in [6.45, 7) is 2.12. The van der Waals surface area contributed by atoms with Crippen LogP contribution in [0.3, 0.4) is 0 Å². The molecule has 0 spiro atoms. The van der Waals surface area contributed by atoms with Crippen LogP contribution in [-0.4, -0.2) is 5.38 Å². The van der Waals surface area contributed by atoms with E-state index in [-0.39, 0.29) is 5.38 Å². The second-order valence-corrected chi connectivity index (χ2v) is 4.88. The number of benzene rings is 1. The van der Waals surface area contributed by atoms with Crippen LogP contribution in [0.5, 0.6) is 0 Å². The highest BCUT2D eigenvalue weighted by Gasteiger charge is 2.10.